The number of rotatable bonds is 17. The van der Waals surface area contributed by atoms with E-state index in [0.717, 1.165) is 25.7 Å². The van der Waals surface area contributed by atoms with Gasteiger partial charge in [0.15, 0.2) is 0 Å². The normalized spacial score (nSPS) is 11.5. The maximum absolute atomic E-state index is 13.7. The molecule has 0 N–H and O–H groups in total. The molecule has 0 heterocycles. The van der Waals surface area contributed by atoms with Crippen molar-refractivity contribution in [3.8, 4) is 0 Å². The fourth-order valence-corrected chi connectivity index (χ4v) is 3.09. The average molecular weight is 429 g/mol. The van der Waals surface area contributed by atoms with Gasteiger partial charge >= 0.3 is 0 Å². The van der Waals surface area contributed by atoms with Crippen molar-refractivity contribution in [2.24, 2.45) is 0 Å². The van der Waals surface area contributed by atoms with Crippen molar-refractivity contribution in [1.29, 1.82) is 0 Å². The Bertz CT molecular complexity index is 701. The standard InChI is InChI=1S/C26H36O5/c1-3-5-17-28-19-21-30-26(24-15-11-8-12-16-24,31-22-20-29-18-6-4-2)25(27)23-13-9-7-10-14-23/h7-16H,3-6,17-22H2,1-2H3. The maximum Gasteiger partial charge on any atom is 0.261 e. The van der Waals surface area contributed by atoms with Gasteiger partial charge in [-0.15, -0.1) is 0 Å². The highest BCUT2D eigenvalue weighted by molar-refractivity contribution is 6.02. The molecule has 5 nitrogen and oxygen atoms in total. The van der Waals surface area contributed by atoms with Gasteiger partial charge in [0, 0.05) is 24.3 Å². The number of carbonyl (C=O) groups is 1. The molecule has 0 saturated carbocycles. The lowest BCUT2D eigenvalue weighted by Gasteiger charge is -2.33. The number of ether oxygens (including phenoxy) is 4. The van der Waals surface area contributed by atoms with E-state index in [-0.39, 0.29) is 19.0 Å². The smallest absolute Gasteiger partial charge is 0.261 e. The molecule has 170 valence electrons. The Morgan fingerprint density at radius 3 is 1.65 bits per heavy atom. The highest BCUT2D eigenvalue weighted by Gasteiger charge is 2.43. The molecule has 2 aromatic rings. The summed E-state index contributed by atoms with van der Waals surface area (Å²) in [5.41, 5.74) is 1.19. The second-order valence-electron chi connectivity index (χ2n) is 7.31. The highest BCUT2D eigenvalue weighted by Crippen LogP contribution is 2.32. The highest BCUT2D eigenvalue weighted by atomic mass is 16.7. The van der Waals surface area contributed by atoms with Crippen LogP contribution in [0, 0.1) is 0 Å². The van der Waals surface area contributed by atoms with Gasteiger partial charge in [0.1, 0.15) is 0 Å². The van der Waals surface area contributed by atoms with Crippen LogP contribution in [0.3, 0.4) is 0 Å². The summed E-state index contributed by atoms with van der Waals surface area (Å²) in [6.45, 7) is 6.88. The van der Waals surface area contributed by atoms with Crippen LogP contribution in [0.15, 0.2) is 60.7 Å². The monoisotopic (exact) mass is 428 g/mol. The van der Waals surface area contributed by atoms with Crippen LogP contribution in [-0.2, 0) is 24.7 Å². The Morgan fingerprint density at radius 2 is 1.16 bits per heavy atom. The third-order valence-electron chi connectivity index (χ3n) is 4.84. The first-order valence-corrected chi connectivity index (χ1v) is 11.3. The zero-order valence-electron chi connectivity index (χ0n) is 18.9. The summed E-state index contributed by atoms with van der Waals surface area (Å²) in [5, 5.41) is 0. The first kappa shape index (κ1) is 25.2. The molecular formula is C26H36O5. The van der Waals surface area contributed by atoms with E-state index >= 15 is 0 Å². The Kier molecular flexibility index (Phi) is 12.1. The van der Waals surface area contributed by atoms with Crippen LogP contribution in [0.1, 0.15) is 55.5 Å². The summed E-state index contributed by atoms with van der Waals surface area (Å²) in [4.78, 5) is 13.7. The third-order valence-corrected chi connectivity index (χ3v) is 4.84. The van der Waals surface area contributed by atoms with Crippen molar-refractivity contribution in [2.75, 3.05) is 39.6 Å². The minimum Gasteiger partial charge on any atom is -0.379 e. The summed E-state index contributed by atoms with van der Waals surface area (Å²) in [6, 6.07) is 18.5. The van der Waals surface area contributed by atoms with Gasteiger partial charge in [0.05, 0.1) is 26.4 Å². The van der Waals surface area contributed by atoms with Gasteiger partial charge in [-0.1, -0.05) is 87.4 Å². The van der Waals surface area contributed by atoms with E-state index in [9.17, 15) is 4.79 Å². The molecule has 0 spiro atoms. The molecular weight excluding hydrogens is 392 g/mol. The van der Waals surface area contributed by atoms with Gasteiger partial charge in [0.25, 0.3) is 5.79 Å². The van der Waals surface area contributed by atoms with Gasteiger partial charge in [0.2, 0.25) is 5.78 Å². The first-order valence-electron chi connectivity index (χ1n) is 11.3. The molecule has 5 heteroatoms. The molecule has 31 heavy (non-hydrogen) atoms. The Labute approximate surface area is 186 Å². The second kappa shape index (κ2) is 14.9. The molecule has 0 aliphatic heterocycles. The number of ketones is 1. The molecule has 0 bridgehead atoms. The van der Waals surface area contributed by atoms with E-state index in [1.165, 1.54) is 0 Å². The molecule has 0 radical (unpaired) electrons. The zero-order chi connectivity index (χ0) is 22.2. The van der Waals surface area contributed by atoms with Crippen LogP contribution >= 0.6 is 0 Å². The van der Waals surface area contributed by atoms with Crippen LogP contribution in [0.4, 0.5) is 0 Å². The number of hydrogen-bond acceptors (Lipinski definition) is 5. The number of hydrogen-bond donors (Lipinski definition) is 0. The van der Waals surface area contributed by atoms with Crippen LogP contribution in [0.5, 0.6) is 0 Å². The predicted molar refractivity (Wildman–Crippen MR) is 122 cm³/mol. The lowest BCUT2D eigenvalue weighted by molar-refractivity contribution is -0.219. The van der Waals surface area contributed by atoms with Crippen LogP contribution in [0.25, 0.3) is 0 Å². The van der Waals surface area contributed by atoms with Gasteiger partial charge in [-0.25, -0.2) is 0 Å². The molecule has 0 amide bonds. The van der Waals surface area contributed by atoms with Crippen molar-refractivity contribution in [3.63, 3.8) is 0 Å². The van der Waals surface area contributed by atoms with E-state index in [1.807, 2.05) is 48.5 Å². The molecule has 0 aliphatic carbocycles. The fourth-order valence-electron chi connectivity index (χ4n) is 3.09. The van der Waals surface area contributed by atoms with E-state index in [4.69, 9.17) is 18.9 Å². The predicted octanol–water partition coefficient (Wildman–Crippen LogP) is 5.39. The van der Waals surface area contributed by atoms with E-state index in [2.05, 4.69) is 13.8 Å². The quantitative estimate of drug-likeness (QED) is 0.192. The van der Waals surface area contributed by atoms with E-state index in [1.54, 1.807) is 12.1 Å². The summed E-state index contributed by atoms with van der Waals surface area (Å²) in [7, 11) is 0. The molecule has 0 unspecified atom stereocenters. The number of Topliss-reactive ketones (excluding diaryl/α,β-unsaturated/α-hetero) is 1. The molecule has 2 rings (SSSR count). The molecule has 0 atom stereocenters. The number of carbonyl (C=O) groups excluding carboxylic acids is 1. The van der Waals surface area contributed by atoms with Crippen LogP contribution < -0.4 is 0 Å². The minimum absolute atomic E-state index is 0.235. The lowest BCUT2D eigenvalue weighted by atomic mass is 9.95. The van der Waals surface area contributed by atoms with E-state index < -0.39 is 5.79 Å². The van der Waals surface area contributed by atoms with Gasteiger partial charge < -0.3 is 18.9 Å². The van der Waals surface area contributed by atoms with Gasteiger partial charge in [-0.2, -0.15) is 0 Å². The zero-order valence-corrected chi connectivity index (χ0v) is 18.9. The molecule has 0 saturated heterocycles. The molecule has 2 aromatic carbocycles. The largest absolute Gasteiger partial charge is 0.379 e. The molecule has 0 aliphatic rings. The fraction of sp³-hybridized carbons (Fsp3) is 0.500. The van der Waals surface area contributed by atoms with Gasteiger partial charge in [-0.3, -0.25) is 4.79 Å². The topological polar surface area (TPSA) is 54.0 Å². The lowest BCUT2D eigenvalue weighted by Crippen LogP contribution is -2.43. The van der Waals surface area contributed by atoms with Crippen molar-refractivity contribution in [3.05, 3.63) is 71.8 Å². The van der Waals surface area contributed by atoms with Crippen LogP contribution in [0.2, 0.25) is 0 Å². The molecule has 0 aromatic heterocycles. The summed E-state index contributed by atoms with van der Waals surface area (Å²) in [6.07, 6.45) is 4.14. The van der Waals surface area contributed by atoms with Crippen LogP contribution in [-0.4, -0.2) is 45.4 Å². The third kappa shape index (κ3) is 8.19. The van der Waals surface area contributed by atoms with E-state index in [0.29, 0.717) is 37.6 Å². The SMILES string of the molecule is CCCCOCCOC(OCCOCCCC)(C(=O)c1ccccc1)c1ccccc1. The first-order chi connectivity index (χ1) is 15.2. The van der Waals surface area contributed by atoms with Gasteiger partial charge in [-0.05, 0) is 12.8 Å². The average Bonchev–Trinajstić information content (AvgIpc) is 2.83. The Balaban J connectivity index is 2.20. The van der Waals surface area contributed by atoms with Crippen molar-refractivity contribution >= 4 is 5.78 Å². The summed E-state index contributed by atoms with van der Waals surface area (Å²) in [5.74, 6) is -1.79. The van der Waals surface area contributed by atoms with Crippen molar-refractivity contribution in [2.45, 2.75) is 45.3 Å². The summed E-state index contributed by atoms with van der Waals surface area (Å²) < 4.78 is 23.7. The molecule has 0 fully saturated rings. The maximum atomic E-state index is 13.7. The van der Waals surface area contributed by atoms with Crippen molar-refractivity contribution in [1.82, 2.24) is 0 Å². The number of benzene rings is 2. The Morgan fingerprint density at radius 1 is 0.677 bits per heavy atom. The number of unbranched alkanes of at least 4 members (excludes halogenated alkanes) is 2. The minimum atomic E-state index is -1.55. The summed E-state index contributed by atoms with van der Waals surface area (Å²) >= 11 is 0. The second-order valence-corrected chi connectivity index (χ2v) is 7.31. The Hall–Kier alpha value is -2.05. The van der Waals surface area contributed by atoms with Crippen molar-refractivity contribution < 1.29 is 23.7 Å².